The van der Waals surface area contributed by atoms with Gasteiger partial charge >= 0.3 is 0 Å². The predicted octanol–water partition coefficient (Wildman–Crippen LogP) is 5.13. The summed E-state index contributed by atoms with van der Waals surface area (Å²) in [5.74, 6) is 0.180. The van der Waals surface area contributed by atoms with Gasteiger partial charge in [-0.1, -0.05) is 42.4 Å². The van der Waals surface area contributed by atoms with E-state index in [9.17, 15) is 10.1 Å². The molecule has 0 fully saturated rings. The van der Waals surface area contributed by atoms with Crippen molar-refractivity contribution in [2.24, 2.45) is 7.05 Å². The molecule has 0 aliphatic carbocycles. The summed E-state index contributed by atoms with van der Waals surface area (Å²) in [6.45, 7) is 1.94. The van der Waals surface area contributed by atoms with E-state index < -0.39 is 5.25 Å². The number of nitrogens with zero attached hydrogens (tertiary/aromatic N) is 5. The molecule has 1 amide bonds. The average molecular weight is 469 g/mol. The van der Waals surface area contributed by atoms with Crippen LogP contribution in [0, 0.1) is 11.3 Å². The number of aryl methyl sites for hydroxylation is 1. The Bertz CT molecular complexity index is 1290. The Hall–Kier alpha value is -2.93. The van der Waals surface area contributed by atoms with Gasteiger partial charge in [0.15, 0.2) is 0 Å². The van der Waals surface area contributed by atoms with Crippen LogP contribution >= 0.6 is 34.7 Å². The molecule has 0 radical (unpaired) electrons. The molecule has 1 aromatic carbocycles. The summed E-state index contributed by atoms with van der Waals surface area (Å²) >= 11 is 8.96. The number of fused-ring (bicyclic) bond motifs is 1. The monoisotopic (exact) mass is 468 g/mol. The summed E-state index contributed by atoms with van der Waals surface area (Å²) in [6, 6.07) is 9.66. The van der Waals surface area contributed by atoms with Crippen molar-refractivity contribution < 1.29 is 4.79 Å². The number of thioether (sulfide) groups is 1. The number of hydrogen-bond acceptors (Lipinski definition) is 7. The van der Waals surface area contributed by atoms with Crippen LogP contribution in [0.4, 0.5) is 5.82 Å². The van der Waals surface area contributed by atoms with Crippen molar-refractivity contribution in [2.45, 2.75) is 23.6 Å². The van der Waals surface area contributed by atoms with Crippen LogP contribution in [-0.2, 0) is 11.8 Å². The number of carbonyl (C=O) groups is 1. The molecule has 156 valence electrons. The highest BCUT2D eigenvalue weighted by molar-refractivity contribution is 8.00. The smallest absolute Gasteiger partial charge is 0.239 e. The molecule has 0 saturated heterocycles. The molecule has 1 N–H and O–H groups in total. The van der Waals surface area contributed by atoms with Crippen molar-refractivity contribution in [1.82, 2.24) is 19.7 Å². The Kier molecular flexibility index (Phi) is 6.23. The van der Waals surface area contributed by atoms with E-state index in [0.717, 1.165) is 26.4 Å². The second kappa shape index (κ2) is 9.06. The molecule has 31 heavy (non-hydrogen) atoms. The van der Waals surface area contributed by atoms with E-state index in [1.807, 2.05) is 42.6 Å². The number of hydrogen-bond donors (Lipinski definition) is 1. The Morgan fingerprint density at radius 1 is 1.35 bits per heavy atom. The molecule has 1 atom stereocenters. The van der Waals surface area contributed by atoms with Crippen molar-refractivity contribution in [2.75, 3.05) is 5.32 Å². The molecule has 3 aromatic heterocycles. The van der Waals surface area contributed by atoms with Crippen molar-refractivity contribution in [3.8, 4) is 17.2 Å². The standard InChI is InChI=1S/C21H17ClN6OS2/c1-3-16(19(29)27-18-13(8-23)9-26-28(18)2)31-21-17-15(10-30-20(17)24-11-25-21)12-4-6-14(22)7-5-12/h4-7,9-11,16H,3H2,1-2H3,(H,27,29). The van der Waals surface area contributed by atoms with Crippen molar-refractivity contribution in [3.63, 3.8) is 0 Å². The fraction of sp³-hybridized carbons (Fsp3) is 0.190. The van der Waals surface area contributed by atoms with Gasteiger partial charge in [-0.15, -0.1) is 11.3 Å². The van der Waals surface area contributed by atoms with Gasteiger partial charge in [-0.2, -0.15) is 10.4 Å². The highest BCUT2D eigenvalue weighted by Gasteiger charge is 2.24. The first-order valence-corrected chi connectivity index (χ1v) is 11.5. The zero-order valence-corrected chi connectivity index (χ0v) is 19.1. The number of nitriles is 1. The molecule has 0 bridgehead atoms. The van der Waals surface area contributed by atoms with Crippen molar-refractivity contribution >= 4 is 56.6 Å². The van der Waals surface area contributed by atoms with E-state index in [1.54, 1.807) is 7.05 Å². The lowest BCUT2D eigenvalue weighted by Gasteiger charge is -2.15. The maximum atomic E-state index is 13.0. The summed E-state index contributed by atoms with van der Waals surface area (Å²) < 4.78 is 1.48. The minimum atomic E-state index is -0.405. The zero-order valence-electron chi connectivity index (χ0n) is 16.7. The van der Waals surface area contributed by atoms with E-state index in [-0.39, 0.29) is 5.91 Å². The molecular formula is C21H17ClN6OS2. The number of carbonyl (C=O) groups excluding carboxylic acids is 1. The minimum Gasteiger partial charge on any atom is -0.309 e. The summed E-state index contributed by atoms with van der Waals surface area (Å²) in [7, 11) is 1.68. The lowest BCUT2D eigenvalue weighted by atomic mass is 10.1. The third-order valence-corrected chi connectivity index (χ3v) is 7.21. The Labute approximate surface area is 192 Å². The van der Waals surface area contributed by atoms with Gasteiger partial charge in [0.05, 0.1) is 16.8 Å². The van der Waals surface area contributed by atoms with Crippen molar-refractivity contribution in [1.29, 1.82) is 5.26 Å². The summed E-state index contributed by atoms with van der Waals surface area (Å²) in [5.41, 5.74) is 2.34. The number of halogens is 1. The van der Waals surface area contributed by atoms with Gasteiger partial charge in [0.2, 0.25) is 5.91 Å². The van der Waals surface area contributed by atoms with E-state index in [2.05, 4.69) is 20.4 Å². The first-order chi connectivity index (χ1) is 15.0. The van der Waals surface area contributed by atoms with Crippen LogP contribution in [0.15, 0.2) is 47.2 Å². The van der Waals surface area contributed by atoms with Crippen LogP contribution in [0.2, 0.25) is 5.02 Å². The normalized spacial score (nSPS) is 11.9. The van der Waals surface area contributed by atoms with Crippen LogP contribution in [0.3, 0.4) is 0 Å². The number of benzene rings is 1. The van der Waals surface area contributed by atoms with E-state index in [1.165, 1.54) is 40.3 Å². The second-order valence-corrected chi connectivity index (χ2v) is 9.15. The SMILES string of the molecule is CCC(Sc1ncnc2scc(-c3ccc(Cl)cc3)c12)C(=O)Nc1c(C#N)cnn1C. The Morgan fingerprint density at radius 3 is 2.84 bits per heavy atom. The maximum absolute atomic E-state index is 13.0. The molecule has 4 aromatic rings. The van der Waals surface area contributed by atoms with E-state index in [4.69, 9.17) is 11.6 Å². The predicted molar refractivity (Wildman–Crippen MR) is 124 cm³/mol. The maximum Gasteiger partial charge on any atom is 0.239 e. The van der Waals surface area contributed by atoms with Gasteiger partial charge < -0.3 is 5.32 Å². The molecule has 0 spiro atoms. The zero-order chi connectivity index (χ0) is 22.0. The largest absolute Gasteiger partial charge is 0.309 e. The van der Waals surface area contributed by atoms with Gasteiger partial charge in [-0.05, 0) is 24.1 Å². The number of aromatic nitrogens is 4. The lowest BCUT2D eigenvalue weighted by Crippen LogP contribution is -2.26. The summed E-state index contributed by atoms with van der Waals surface area (Å²) in [4.78, 5) is 22.7. The minimum absolute atomic E-state index is 0.206. The molecule has 3 heterocycles. The highest BCUT2D eigenvalue weighted by Crippen LogP contribution is 2.39. The fourth-order valence-corrected chi connectivity index (χ4v) is 5.24. The van der Waals surface area contributed by atoms with Gasteiger partial charge in [-0.25, -0.2) is 9.97 Å². The van der Waals surface area contributed by atoms with Gasteiger partial charge in [-0.3, -0.25) is 9.48 Å². The first kappa shape index (κ1) is 21.3. The number of amides is 1. The van der Waals surface area contributed by atoms with Gasteiger partial charge in [0, 0.05) is 23.0 Å². The fourth-order valence-electron chi connectivity index (χ4n) is 3.10. The molecule has 1 unspecified atom stereocenters. The quantitative estimate of drug-likeness (QED) is 0.311. The van der Waals surface area contributed by atoms with Crippen molar-refractivity contribution in [3.05, 3.63) is 52.8 Å². The van der Waals surface area contributed by atoms with Crippen LogP contribution in [0.25, 0.3) is 21.3 Å². The number of thiophene rings is 1. The van der Waals surface area contributed by atoms with Gasteiger partial charge in [0.25, 0.3) is 0 Å². The molecule has 0 aliphatic heterocycles. The number of nitrogens with one attached hydrogen (secondary N) is 1. The molecule has 7 nitrogen and oxygen atoms in total. The van der Waals surface area contributed by atoms with Crippen LogP contribution in [0.1, 0.15) is 18.9 Å². The molecule has 10 heteroatoms. The third-order valence-electron chi connectivity index (χ3n) is 4.71. The van der Waals surface area contributed by atoms with Crippen LogP contribution < -0.4 is 5.32 Å². The average Bonchev–Trinajstić information content (AvgIpc) is 3.36. The molecule has 0 aliphatic rings. The lowest BCUT2D eigenvalue weighted by molar-refractivity contribution is -0.115. The van der Waals surface area contributed by atoms with Crippen LogP contribution in [0.5, 0.6) is 0 Å². The Balaban J connectivity index is 1.66. The topological polar surface area (TPSA) is 96.5 Å². The number of rotatable bonds is 6. The van der Waals surface area contributed by atoms with Gasteiger partial charge in [0.1, 0.15) is 33.6 Å². The molecule has 4 rings (SSSR count). The highest BCUT2D eigenvalue weighted by atomic mass is 35.5. The third kappa shape index (κ3) is 4.28. The number of anilines is 1. The Morgan fingerprint density at radius 2 is 2.13 bits per heavy atom. The van der Waals surface area contributed by atoms with E-state index >= 15 is 0 Å². The summed E-state index contributed by atoms with van der Waals surface area (Å²) in [6.07, 6.45) is 3.54. The molecular weight excluding hydrogens is 452 g/mol. The van der Waals surface area contributed by atoms with E-state index in [0.29, 0.717) is 22.8 Å². The first-order valence-electron chi connectivity index (χ1n) is 9.39. The van der Waals surface area contributed by atoms with Crippen LogP contribution in [-0.4, -0.2) is 30.9 Å². The second-order valence-electron chi connectivity index (χ2n) is 6.66. The summed E-state index contributed by atoms with van der Waals surface area (Å²) in [5, 5.41) is 20.1. The molecule has 0 saturated carbocycles.